The molecule has 446 valence electrons. The Morgan fingerprint density at radius 1 is 0.631 bits per heavy atom. The molecule has 9 rings (SSSR count). The molecule has 84 heavy (non-hydrogen) atoms. The van der Waals surface area contributed by atoms with Crippen LogP contribution in [0.25, 0.3) is 0 Å². The van der Waals surface area contributed by atoms with E-state index in [1.165, 1.54) is 11.0 Å². The van der Waals surface area contributed by atoms with Gasteiger partial charge in [-0.1, -0.05) is 34.8 Å². The number of benzene rings is 5. The van der Waals surface area contributed by atoms with Gasteiger partial charge in [0.2, 0.25) is 12.0 Å². The van der Waals surface area contributed by atoms with Crippen molar-refractivity contribution in [3.8, 4) is 0 Å². The fourth-order valence-corrected chi connectivity index (χ4v) is 7.38. The van der Waals surface area contributed by atoms with Crippen LogP contribution in [-0.2, 0) is 47.7 Å². The smallest absolute Gasteiger partial charge is 0.870 e. The Balaban J connectivity index is 0.000000388. The quantitative estimate of drug-likeness (QED) is 0.0417. The molecule has 0 unspecified atom stereocenters. The first-order chi connectivity index (χ1) is 39.4. The summed E-state index contributed by atoms with van der Waals surface area (Å²) in [5.41, 5.74) is 14.9. The maximum atomic E-state index is 12.8. The number of anilines is 6. The van der Waals surface area contributed by atoms with E-state index in [9.17, 15) is 38.4 Å². The normalized spacial score (nSPS) is 16.0. The van der Waals surface area contributed by atoms with E-state index in [1.807, 2.05) is 12.1 Å². The molecule has 0 aliphatic carbocycles. The summed E-state index contributed by atoms with van der Waals surface area (Å²) in [7, 11) is 1.00. The number of nitrogens with zero attached hydrogens (tertiary/aromatic N) is 5. The molecule has 0 saturated carbocycles. The van der Waals surface area contributed by atoms with Crippen LogP contribution in [0.3, 0.4) is 0 Å². The molecule has 5 aromatic rings. The summed E-state index contributed by atoms with van der Waals surface area (Å²) in [6.45, 7) is 1.99. The Hall–Kier alpha value is -7.28. The zero-order chi connectivity index (χ0) is 60.1. The second-order valence-electron chi connectivity index (χ2n) is 16.8. The minimum atomic E-state index is -1.18. The van der Waals surface area contributed by atoms with E-state index >= 15 is 0 Å². The van der Waals surface area contributed by atoms with Gasteiger partial charge in [-0.3, -0.25) is 29.0 Å². The van der Waals surface area contributed by atoms with Crippen molar-refractivity contribution in [1.82, 2.24) is 9.80 Å². The van der Waals surface area contributed by atoms with E-state index in [1.54, 1.807) is 119 Å². The van der Waals surface area contributed by atoms with Crippen molar-refractivity contribution in [3.63, 3.8) is 0 Å². The first-order valence-electron chi connectivity index (χ1n) is 24.3. The van der Waals surface area contributed by atoms with Gasteiger partial charge in [0.25, 0.3) is 11.8 Å². The predicted molar refractivity (Wildman–Crippen MR) is 306 cm³/mol. The van der Waals surface area contributed by atoms with Gasteiger partial charge < -0.3 is 82.1 Å². The van der Waals surface area contributed by atoms with Crippen LogP contribution >= 0.6 is 34.8 Å². The van der Waals surface area contributed by atoms with Gasteiger partial charge in [0.05, 0.1) is 38.7 Å². The number of hydrogen-bond acceptors (Lipinski definition) is 18. The number of hydrogen-bond donors (Lipinski definition) is 9. The number of amides is 7. The maximum absolute atomic E-state index is 12.8. The van der Waals surface area contributed by atoms with Crippen LogP contribution in [0.15, 0.2) is 126 Å². The third kappa shape index (κ3) is 24.1. The fourth-order valence-electron chi connectivity index (χ4n) is 7.00. The molecule has 27 nitrogen and oxygen atoms in total. The van der Waals surface area contributed by atoms with Crippen molar-refractivity contribution >= 4 is 122 Å². The molecular formula is C53H60Cl3N10NaO17. The topological polar surface area (TPSA) is 398 Å². The number of ether oxygens (including phenoxy) is 4. The number of carboxylic acids is 2. The largest absolute Gasteiger partial charge is 1.00 e. The van der Waals surface area contributed by atoms with Crippen molar-refractivity contribution in [2.24, 2.45) is 10.7 Å². The molecule has 5 aromatic carbocycles. The first kappa shape index (κ1) is 72.8. The van der Waals surface area contributed by atoms with Gasteiger partial charge in [-0.05, 0) is 121 Å². The number of urea groups is 2. The number of nitrogen functional groups attached to an aromatic ring is 1. The van der Waals surface area contributed by atoms with Gasteiger partial charge in [-0.15, -0.1) is 0 Å². The summed E-state index contributed by atoms with van der Waals surface area (Å²) >= 11 is 17.1. The van der Waals surface area contributed by atoms with E-state index in [4.69, 9.17) is 85.6 Å². The number of nitrogens with two attached hydrogens (primary N) is 2. The zero-order valence-corrected chi connectivity index (χ0v) is 49.5. The Morgan fingerprint density at radius 2 is 1.01 bits per heavy atom. The fraction of sp³-hybridized carbons (Fsp3) is 0.283. The Morgan fingerprint density at radius 3 is 1.39 bits per heavy atom. The van der Waals surface area contributed by atoms with Crippen LogP contribution in [0.2, 0.25) is 15.1 Å². The number of carbonyl (C=O) groups is 7. The molecule has 4 aliphatic heterocycles. The number of halogens is 3. The monoisotopic (exact) mass is 1240 g/mol. The van der Waals surface area contributed by atoms with Crippen molar-refractivity contribution < 1.29 is 113 Å². The molecule has 4 aliphatic rings. The summed E-state index contributed by atoms with van der Waals surface area (Å²) in [5.74, 6) is -2.73. The molecule has 0 spiro atoms. The third-order valence-electron chi connectivity index (χ3n) is 11.2. The van der Waals surface area contributed by atoms with E-state index in [0.717, 1.165) is 23.4 Å². The van der Waals surface area contributed by atoms with Crippen LogP contribution in [-0.4, -0.2) is 182 Å². The third-order valence-corrected chi connectivity index (χ3v) is 12.0. The zero-order valence-electron chi connectivity index (χ0n) is 45.2. The Kier molecular flexibility index (Phi) is 33.4. The number of rotatable bonds is 10. The van der Waals surface area contributed by atoms with Gasteiger partial charge in [0.1, 0.15) is 38.8 Å². The molecule has 0 radical (unpaired) electrons. The van der Waals surface area contributed by atoms with E-state index in [-0.39, 0.29) is 92.6 Å². The minimum absolute atomic E-state index is 0. The second kappa shape index (κ2) is 38.6. The van der Waals surface area contributed by atoms with Gasteiger partial charge in [-0.2, -0.15) is 4.99 Å². The molecule has 0 aromatic heterocycles. The molecule has 4 heterocycles. The summed E-state index contributed by atoms with van der Waals surface area (Å²) in [6.07, 6.45) is 1.44. The summed E-state index contributed by atoms with van der Waals surface area (Å²) in [5, 5.41) is 41.7. The average Bonchev–Trinajstić information content (AvgIpc) is 4.21. The summed E-state index contributed by atoms with van der Waals surface area (Å²) in [4.78, 5) is 100. The Labute approximate surface area is 518 Å². The molecule has 31 heteroatoms. The molecule has 12 N–H and O–H groups in total. The number of nitrogens with one attached hydrogen (secondary N) is 3. The van der Waals surface area contributed by atoms with E-state index in [0.29, 0.717) is 69.8 Å². The van der Waals surface area contributed by atoms with Crippen molar-refractivity contribution in [3.05, 3.63) is 136 Å². The number of isocyanates is 1. The van der Waals surface area contributed by atoms with Crippen LogP contribution in [0.1, 0.15) is 0 Å². The molecule has 7 amide bonds. The predicted octanol–water partition coefficient (Wildman–Crippen LogP) is 1.91. The van der Waals surface area contributed by atoms with Crippen LogP contribution in [0.4, 0.5) is 49.4 Å². The number of aliphatic carboxylic acids is 2. The van der Waals surface area contributed by atoms with Crippen LogP contribution < -0.4 is 66.8 Å². The van der Waals surface area contributed by atoms with Gasteiger partial charge in [0.15, 0.2) is 6.04 Å². The number of aliphatic hydroxyl groups is 2. The van der Waals surface area contributed by atoms with Crippen molar-refractivity contribution in [1.29, 1.82) is 0 Å². The van der Waals surface area contributed by atoms with Gasteiger partial charge in [-0.25, -0.2) is 19.2 Å². The summed E-state index contributed by atoms with van der Waals surface area (Å²) in [6, 6.07) is 30.2. The molecule has 3 atom stereocenters. The molecule has 4 saturated heterocycles. The maximum Gasteiger partial charge on any atom is 1.00 e. The van der Waals surface area contributed by atoms with Crippen LogP contribution in [0, 0.1) is 0 Å². The van der Waals surface area contributed by atoms with Crippen molar-refractivity contribution in [2.75, 3.05) is 111 Å². The SMILES string of the molecule is CO.N[C@H](CO)C(=O)O.Nc1ccc(N2CCOCC2=O)cc1.O=C(Nc1ccc(N2CCOCC2=O)cc1)[C@H]1COCN1C(=O)Nc1ccc(Cl)cc1.O=C(O)[C@H]1COCN1C(=O)Nc1ccc(Cl)cc1.O=C=Nc1ccc(Cl)cc1.[Na+].[OH-]. The van der Waals surface area contributed by atoms with Crippen LogP contribution in [0.5, 0.6) is 0 Å². The molecule has 4 fully saturated rings. The minimum Gasteiger partial charge on any atom is -0.870 e. The number of aliphatic imine (C=N–C) groups is 1. The number of carbonyl (C=O) groups excluding carboxylic acids is 6. The Bertz CT molecular complexity index is 2940. The van der Waals surface area contributed by atoms with Crippen molar-refractivity contribution in [2.45, 2.75) is 18.1 Å². The molecular weight excluding hydrogens is 1180 g/mol. The number of carboxylic acid groups (broad SMARTS) is 2. The average molecular weight is 1240 g/mol. The van der Waals surface area contributed by atoms with E-state index in [2.05, 4.69) is 20.9 Å². The van der Waals surface area contributed by atoms with E-state index < -0.39 is 48.7 Å². The second-order valence-corrected chi connectivity index (χ2v) is 18.1. The number of aliphatic hydroxyl groups excluding tert-OH is 2. The molecule has 0 bridgehead atoms. The number of morpholine rings is 2. The summed E-state index contributed by atoms with van der Waals surface area (Å²) < 4.78 is 20.5. The van der Waals surface area contributed by atoms with Gasteiger partial charge in [0, 0.05) is 69.4 Å². The standard InChI is InChI=1S/C21H21ClN4O5.C11H11ClN2O4.C10H12N2O2.C7H4ClNO.C3H7NO3.CH4O.Na.H2O/c22-14-1-3-16(4-2-14)24-21(29)26-13-31-11-18(26)20(28)23-15-5-7-17(8-6-15)25-9-10-30-12-19(25)27;12-7-1-3-8(4-2-7)13-11(17)14-6-18-5-9(14)10(15)16;11-8-1-3-9(4-2-8)12-5-6-14-7-10(12)13;8-6-1-3-7(4-2-6)9-5-10;4-2(1-5)3(6)7;1-2;;/h1-8,18H,9-13H2,(H,23,28)(H,24,29);1-4,9H,5-6H2,(H,13,17)(H,15,16);1-4H,5-7,11H2;1-4H;2,5H,1,4H2,(H,6,7);2H,1H3;;1H2/q;;;;;;+1;/p-1/t18-;9-;;;2-;;;/m11..1.../s1. The van der Waals surface area contributed by atoms with Gasteiger partial charge >= 0.3 is 53.6 Å². The first-order valence-corrected chi connectivity index (χ1v) is 25.5.